The van der Waals surface area contributed by atoms with Crippen molar-refractivity contribution in [2.24, 2.45) is 0 Å². The van der Waals surface area contributed by atoms with Crippen LogP contribution in [0.3, 0.4) is 0 Å². The second-order valence-corrected chi connectivity index (χ2v) is 6.11. The maximum absolute atomic E-state index is 12.1. The molecule has 0 aliphatic carbocycles. The van der Waals surface area contributed by atoms with Crippen LogP contribution in [0.1, 0.15) is 25.7 Å². The molecular formula is C15H15N3OS. The average Bonchev–Trinajstić information content (AvgIpc) is 3.02. The van der Waals surface area contributed by atoms with Gasteiger partial charge in [0.1, 0.15) is 0 Å². The number of nitrogens with one attached hydrogen (secondary N) is 2. The number of fused-ring (bicyclic) bond motifs is 1. The van der Waals surface area contributed by atoms with E-state index in [1.807, 2.05) is 12.1 Å². The number of benzene rings is 1. The number of hydrogen-bond acceptors (Lipinski definition) is 3. The van der Waals surface area contributed by atoms with E-state index in [0.29, 0.717) is 12.1 Å². The largest absolute Gasteiger partial charge is 0.347 e. The topological polar surface area (TPSA) is 57.8 Å². The Morgan fingerprint density at radius 2 is 2.20 bits per heavy atom. The molecule has 0 radical (unpaired) electrons. The summed E-state index contributed by atoms with van der Waals surface area (Å²) in [6.45, 7) is 4.75. The van der Waals surface area contributed by atoms with Crippen molar-refractivity contribution in [1.82, 2.24) is 15.3 Å². The first-order valence-corrected chi connectivity index (χ1v) is 7.22. The standard InChI is InChI=1S/C15H15N3OS/c1-9-5-12(20-10(9)2)7-16-15(19)11-3-4-13-14(6-11)18-8-17-13/h3-6,8H,7H2,1-2H3,(H,16,19)(H,17,18). The van der Waals surface area contributed by atoms with Gasteiger partial charge in [0.05, 0.1) is 23.9 Å². The van der Waals surface area contributed by atoms with Crippen LogP contribution in [0.25, 0.3) is 11.0 Å². The zero-order valence-corrected chi connectivity index (χ0v) is 12.2. The predicted octanol–water partition coefficient (Wildman–Crippen LogP) is 3.17. The monoisotopic (exact) mass is 285 g/mol. The van der Waals surface area contributed by atoms with Gasteiger partial charge in [0.25, 0.3) is 5.91 Å². The molecule has 5 heteroatoms. The van der Waals surface area contributed by atoms with Crippen LogP contribution in [0.4, 0.5) is 0 Å². The number of thiophene rings is 1. The summed E-state index contributed by atoms with van der Waals surface area (Å²) in [5.74, 6) is -0.0646. The summed E-state index contributed by atoms with van der Waals surface area (Å²) in [5, 5.41) is 2.95. The van der Waals surface area contributed by atoms with Crippen molar-refractivity contribution in [3.8, 4) is 0 Å². The maximum Gasteiger partial charge on any atom is 0.251 e. The van der Waals surface area contributed by atoms with Crippen molar-refractivity contribution in [2.75, 3.05) is 0 Å². The van der Waals surface area contributed by atoms with E-state index in [-0.39, 0.29) is 5.91 Å². The number of carbonyl (C=O) groups is 1. The molecule has 0 fully saturated rings. The van der Waals surface area contributed by atoms with Crippen LogP contribution in [-0.2, 0) is 6.54 Å². The van der Waals surface area contributed by atoms with Gasteiger partial charge in [0.2, 0.25) is 0 Å². The zero-order valence-electron chi connectivity index (χ0n) is 11.4. The number of aromatic nitrogens is 2. The SMILES string of the molecule is Cc1cc(CNC(=O)c2ccc3nc[nH]c3c2)sc1C. The van der Waals surface area contributed by atoms with Crippen LogP contribution >= 0.6 is 11.3 Å². The lowest BCUT2D eigenvalue weighted by atomic mass is 10.2. The van der Waals surface area contributed by atoms with Gasteiger partial charge in [0.15, 0.2) is 0 Å². The minimum atomic E-state index is -0.0646. The van der Waals surface area contributed by atoms with E-state index in [0.717, 1.165) is 11.0 Å². The Morgan fingerprint density at radius 3 is 2.95 bits per heavy atom. The highest BCUT2D eigenvalue weighted by Gasteiger charge is 2.08. The van der Waals surface area contributed by atoms with Gasteiger partial charge in [0, 0.05) is 15.3 Å². The number of hydrogen-bond donors (Lipinski definition) is 2. The number of H-pyrrole nitrogens is 1. The van der Waals surface area contributed by atoms with Gasteiger partial charge in [-0.2, -0.15) is 0 Å². The summed E-state index contributed by atoms with van der Waals surface area (Å²) in [6.07, 6.45) is 1.63. The fourth-order valence-corrected chi connectivity index (χ4v) is 3.08. The molecule has 1 amide bonds. The van der Waals surface area contributed by atoms with Crippen LogP contribution in [0.2, 0.25) is 0 Å². The Hall–Kier alpha value is -2.14. The molecule has 4 nitrogen and oxygen atoms in total. The first kappa shape index (κ1) is 12.9. The minimum absolute atomic E-state index is 0.0646. The van der Waals surface area contributed by atoms with Gasteiger partial charge in [-0.1, -0.05) is 0 Å². The smallest absolute Gasteiger partial charge is 0.251 e. The molecule has 0 unspecified atom stereocenters. The molecule has 0 aliphatic heterocycles. The van der Waals surface area contributed by atoms with Crippen molar-refractivity contribution in [2.45, 2.75) is 20.4 Å². The van der Waals surface area contributed by atoms with Crippen LogP contribution in [0.5, 0.6) is 0 Å². The molecule has 2 heterocycles. The average molecular weight is 285 g/mol. The van der Waals surface area contributed by atoms with Crippen molar-refractivity contribution in [1.29, 1.82) is 0 Å². The summed E-state index contributed by atoms with van der Waals surface area (Å²) < 4.78 is 0. The molecule has 3 aromatic rings. The normalized spacial score (nSPS) is 10.9. The van der Waals surface area contributed by atoms with E-state index in [1.54, 1.807) is 23.7 Å². The second kappa shape index (κ2) is 5.09. The molecule has 0 saturated heterocycles. The number of carbonyl (C=O) groups excluding carboxylic acids is 1. The van der Waals surface area contributed by atoms with E-state index < -0.39 is 0 Å². The number of amides is 1. The van der Waals surface area contributed by atoms with E-state index in [4.69, 9.17) is 0 Å². The van der Waals surface area contributed by atoms with Gasteiger partial charge in [-0.05, 0) is 43.7 Å². The van der Waals surface area contributed by atoms with E-state index >= 15 is 0 Å². The van der Waals surface area contributed by atoms with Gasteiger partial charge < -0.3 is 10.3 Å². The summed E-state index contributed by atoms with van der Waals surface area (Å²) in [7, 11) is 0. The fraction of sp³-hybridized carbons (Fsp3) is 0.200. The molecular weight excluding hydrogens is 270 g/mol. The van der Waals surface area contributed by atoms with Gasteiger partial charge in [-0.15, -0.1) is 11.3 Å². The molecule has 2 aromatic heterocycles. The van der Waals surface area contributed by atoms with Crippen LogP contribution in [-0.4, -0.2) is 15.9 Å². The first-order valence-electron chi connectivity index (χ1n) is 6.41. The molecule has 20 heavy (non-hydrogen) atoms. The van der Waals surface area contributed by atoms with E-state index in [9.17, 15) is 4.79 Å². The third-order valence-electron chi connectivity index (χ3n) is 3.32. The molecule has 2 N–H and O–H groups in total. The summed E-state index contributed by atoms with van der Waals surface area (Å²) in [5.41, 5.74) is 3.66. The Bertz CT molecular complexity index is 753. The quantitative estimate of drug-likeness (QED) is 0.776. The van der Waals surface area contributed by atoms with Crippen molar-refractivity contribution in [3.63, 3.8) is 0 Å². The van der Waals surface area contributed by atoms with Crippen molar-refractivity contribution < 1.29 is 4.79 Å². The number of aryl methyl sites for hydroxylation is 2. The van der Waals surface area contributed by atoms with E-state index in [1.165, 1.54) is 15.3 Å². The summed E-state index contributed by atoms with van der Waals surface area (Å²) in [4.78, 5) is 21.8. The Morgan fingerprint density at radius 1 is 1.35 bits per heavy atom. The number of aromatic amines is 1. The predicted molar refractivity (Wildman–Crippen MR) is 81.1 cm³/mol. The lowest BCUT2D eigenvalue weighted by Crippen LogP contribution is -2.22. The van der Waals surface area contributed by atoms with E-state index in [2.05, 4.69) is 35.2 Å². The molecule has 0 spiro atoms. The lowest BCUT2D eigenvalue weighted by molar-refractivity contribution is 0.0951. The molecule has 3 rings (SSSR count). The molecule has 0 aliphatic rings. The molecule has 102 valence electrons. The van der Waals surface area contributed by atoms with Crippen molar-refractivity contribution in [3.05, 3.63) is 51.5 Å². The maximum atomic E-state index is 12.1. The molecule has 1 aromatic carbocycles. The number of nitrogens with zero attached hydrogens (tertiary/aromatic N) is 1. The number of imidazole rings is 1. The lowest BCUT2D eigenvalue weighted by Gasteiger charge is -2.03. The fourth-order valence-electron chi connectivity index (χ4n) is 2.08. The summed E-state index contributed by atoms with van der Waals surface area (Å²) in [6, 6.07) is 7.59. The number of rotatable bonds is 3. The molecule has 0 saturated carbocycles. The van der Waals surface area contributed by atoms with Crippen LogP contribution in [0.15, 0.2) is 30.6 Å². The Kier molecular flexibility index (Phi) is 3.28. The van der Waals surface area contributed by atoms with Crippen LogP contribution in [0, 0.1) is 13.8 Å². The van der Waals surface area contributed by atoms with Crippen molar-refractivity contribution >= 4 is 28.3 Å². The minimum Gasteiger partial charge on any atom is -0.347 e. The highest BCUT2D eigenvalue weighted by molar-refractivity contribution is 7.12. The highest BCUT2D eigenvalue weighted by atomic mass is 32.1. The zero-order chi connectivity index (χ0) is 14.1. The Labute approximate surface area is 120 Å². The van der Waals surface area contributed by atoms with Gasteiger partial charge >= 0.3 is 0 Å². The second-order valence-electron chi connectivity index (χ2n) is 4.77. The Balaban J connectivity index is 1.72. The third kappa shape index (κ3) is 2.44. The van der Waals surface area contributed by atoms with Gasteiger partial charge in [-0.3, -0.25) is 4.79 Å². The highest BCUT2D eigenvalue weighted by Crippen LogP contribution is 2.20. The molecule has 0 atom stereocenters. The van der Waals surface area contributed by atoms with Gasteiger partial charge in [-0.25, -0.2) is 4.98 Å². The third-order valence-corrected chi connectivity index (χ3v) is 4.48. The first-order chi connectivity index (χ1) is 9.63. The van der Waals surface area contributed by atoms with Crippen LogP contribution < -0.4 is 5.32 Å². The summed E-state index contributed by atoms with van der Waals surface area (Å²) >= 11 is 1.72. The molecule has 0 bridgehead atoms.